The monoisotopic (exact) mass is 333 g/mol. The summed E-state index contributed by atoms with van der Waals surface area (Å²) in [6, 6.07) is 3.47. The zero-order chi connectivity index (χ0) is 16.8. The first kappa shape index (κ1) is 16.8. The Kier molecular flexibility index (Phi) is 5.74. The Morgan fingerprint density at radius 3 is 2.54 bits per heavy atom. The van der Waals surface area contributed by atoms with Gasteiger partial charge in [-0.15, -0.1) is 0 Å². The Hall–Kier alpha value is -2.02. The van der Waals surface area contributed by atoms with E-state index in [1.807, 2.05) is 4.90 Å². The summed E-state index contributed by atoms with van der Waals surface area (Å²) < 4.78 is 5.21. The van der Waals surface area contributed by atoms with E-state index >= 15 is 0 Å². The number of amides is 1. The van der Waals surface area contributed by atoms with Crippen molar-refractivity contribution in [2.24, 2.45) is 4.99 Å². The van der Waals surface area contributed by atoms with Crippen molar-refractivity contribution < 1.29 is 9.21 Å². The molecule has 1 amide bonds. The largest absolute Gasteiger partial charge is 0.459 e. The average Bonchev–Trinajstić information content (AvgIpc) is 3.10. The van der Waals surface area contributed by atoms with Crippen LogP contribution in [0.15, 0.2) is 27.8 Å². The van der Waals surface area contributed by atoms with Crippen molar-refractivity contribution >= 4 is 11.9 Å². The fraction of sp³-hybridized carbons (Fsp3) is 0.647. The normalized spacial score (nSPS) is 19.3. The van der Waals surface area contributed by atoms with Gasteiger partial charge in [-0.2, -0.15) is 0 Å². The lowest BCUT2D eigenvalue weighted by molar-refractivity contribution is 0.0657. The van der Waals surface area contributed by atoms with Crippen molar-refractivity contribution in [3.8, 4) is 0 Å². The number of nitrogens with one attached hydrogen (secondary N) is 1. The lowest BCUT2D eigenvalue weighted by atomic mass is 10.2. The number of hydrogen-bond acceptors (Lipinski definition) is 4. The van der Waals surface area contributed by atoms with Crippen LogP contribution in [-0.4, -0.2) is 85.5 Å². The van der Waals surface area contributed by atoms with E-state index in [1.165, 1.54) is 25.8 Å². The molecule has 2 saturated heterocycles. The van der Waals surface area contributed by atoms with Crippen LogP contribution in [0.3, 0.4) is 0 Å². The fourth-order valence-corrected chi connectivity index (χ4v) is 3.01. The van der Waals surface area contributed by atoms with E-state index in [0.717, 1.165) is 38.7 Å². The molecule has 3 rings (SSSR count). The molecule has 0 saturated carbocycles. The molecule has 1 aromatic rings. The van der Waals surface area contributed by atoms with Crippen LogP contribution >= 0.6 is 0 Å². The number of guanidine groups is 1. The van der Waals surface area contributed by atoms with Crippen LogP contribution in [0.5, 0.6) is 0 Å². The van der Waals surface area contributed by atoms with Crippen molar-refractivity contribution in [3.05, 3.63) is 24.2 Å². The summed E-state index contributed by atoms with van der Waals surface area (Å²) in [7, 11) is 0. The first-order chi connectivity index (χ1) is 11.8. The van der Waals surface area contributed by atoms with Gasteiger partial charge in [0.2, 0.25) is 0 Å². The van der Waals surface area contributed by atoms with Gasteiger partial charge in [0.1, 0.15) is 0 Å². The average molecular weight is 333 g/mol. The molecular weight excluding hydrogens is 306 g/mol. The van der Waals surface area contributed by atoms with E-state index in [2.05, 4.69) is 22.0 Å². The van der Waals surface area contributed by atoms with Gasteiger partial charge in [0.25, 0.3) is 5.91 Å². The number of piperazine rings is 1. The third-order valence-electron chi connectivity index (χ3n) is 4.56. The first-order valence-electron chi connectivity index (χ1n) is 8.86. The number of aliphatic imine (C=N–C) groups is 1. The third kappa shape index (κ3) is 4.08. The summed E-state index contributed by atoms with van der Waals surface area (Å²) in [6.07, 6.45) is 2.85. The topological polar surface area (TPSA) is 64.3 Å². The van der Waals surface area contributed by atoms with E-state index in [9.17, 15) is 4.79 Å². The van der Waals surface area contributed by atoms with Gasteiger partial charge in [-0.25, -0.2) is 0 Å². The van der Waals surface area contributed by atoms with Gasteiger partial charge in [0.05, 0.1) is 12.8 Å². The Labute approximate surface area is 143 Å². The van der Waals surface area contributed by atoms with E-state index in [0.29, 0.717) is 18.8 Å². The van der Waals surface area contributed by atoms with Crippen LogP contribution < -0.4 is 5.32 Å². The highest BCUT2D eigenvalue weighted by molar-refractivity contribution is 5.91. The maximum absolute atomic E-state index is 12.3. The summed E-state index contributed by atoms with van der Waals surface area (Å²) in [4.78, 5) is 23.6. The van der Waals surface area contributed by atoms with Gasteiger partial charge >= 0.3 is 0 Å². The molecule has 0 radical (unpaired) electrons. The molecule has 0 bridgehead atoms. The maximum atomic E-state index is 12.3. The predicted molar refractivity (Wildman–Crippen MR) is 93.2 cm³/mol. The van der Waals surface area contributed by atoms with Crippen LogP contribution in [0.25, 0.3) is 0 Å². The van der Waals surface area contributed by atoms with Gasteiger partial charge in [0, 0.05) is 39.3 Å². The molecule has 3 heterocycles. The molecule has 0 aliphatic carbocycles. The number of nitrogens with zero attached hydrogens (tertiary/aromatic N) is 4. The second-order valence-corrected chi connectivity index (χ2v) is 6.19. The molecule has 7 nitrogen and oxygen atoms in total. The summed E-state index contributed by atoms with van der Waals surface area (Å²) in [5.41, 5.74) is 0. The molecule has 24 heavy (non-hydrogen) atoms. The minimum Gasteiger partial charge on any atom is -0.459 e. The second-order valence-electron chi connectivity index (χ2n) is 6.19. The van der Waals surface area contributed by atoms with Gasteiger partial charge < -0.3 is 24.4 Å². The zero-order valence-electron chi connectivity index (χ0n) is 14.4. The summed E-state index contributed by atoms with van der Waals surface area (Å²) in [5.74, 6) is 1.35. The Bertz CT molecular complexity index is 545. The standard InChI is InChI=1S/C17H27N5O2/c1-2-18-17(19-6-9-20-7-4-8-20)22-12-10-21(11-13-22)16(23)15-5-3-14-24-15/h3,5,14H,2,4,6-13H2,1H3,(H,18,19). The SMILES string of the molecule is CCNC(=NCCN1CCC1)N1CCN(C(=O)c2ccco2)CC1. The molecule has 0 spiro atoms. The van der Waals surface area contributed by atoms with E-state index in [-0.39, 0.29) is 5.91 Å². The minimum absolute atomic E-state index is 0.0284. The molecule has 0 atom stereocenters. The second kappa shape index (κ2) is 8.19. The highest BCUT2D eigenvalue weighted by Crippen LogP contribution is 2.10. The molecule has 1 N–H and O–H groups in total. The number of likely N-dealkylation sites (tertiary alicyclic amines) is 1. The molecule has 2 aliphatic rings. The molecule has 7 heteroatoms. The van der Waals surface area contributed by atoms with Crippen molar-refractivity contribution in [2.75, 3.05) is 58.9 Å². The van der Waals surface area contributed by atoms with Crippen LogP contribution in [0.1, 0.15) is 23.9 Å². The van der Waals surface area contributed by atoms with E-state index in [1.54, 1.807) is 12.1 Å². The molecular formula is C17H27N5O2. The van der Waals surface area contributed by atoms with Gasteiger partial charge in [-0.3, -0.25) is 9.79 Å². The van der Waals surface area contributed by atoms with Crippen LogP contribution in [0, 0.1) is 0 Å². The molecule has 2 aliphatic heterocycles. The number of furan rings is 1. The molecule has 0 aromatic carbocycles. The maximum Gasteiger partial charge on any atom is 0.289 e. The Morgan fingerprint density at radius 1 is 1.21 bits per heavy atom. The summed E-state index contributed by atoms with van der Waals surface area (Å²) in [6.45, 7) is 10.2. The molecule has 132 valence electrons. The van der Waals surface area contributed by atoms with E-state index < -0.39 is 0 Å². The van der Waals surface area contributed by atoms with Crippen LogP contribution in [-0.2, 0) is 0 Å². The number of carbonyl (C=O) groups excluding carboxylic acids is 1. The van der Waals surface area contributed by atoms with Crippen LogP contribution in [0.4, 0.5) is 0 Å². The summed E-state index contributed by atoms with van der Waals surface area (Å²) >= 11 is 0. The van der Waals surface area contributed by atoms with Crippen molar-refractivity contribution in [1.82, 2.24) is 20.0 Å². The van der Waals surface area contributed by atoms with Crippen LogP contribution in [0.2, 0.25) is 0 Å². The zero-order valence-corrected chi connectivity index (χ0v) is 14.4. The third-order valence-corrected chi connectivity index (χ3v) is 4.56. The minimum atomic E-state index is -0.0284. The first-order valence-corrected chi connectivity index (χ1v) is 8.86. The smallest absolute Gasteiger partial charge is 0.289 e. The lowest BCUT2D eigenvalue weighted by Crippen LogP contribution is -2.54. The highest BCUT2D eigenvalue weighted by Gasteiger charge is 2.25. The number of rotatable bonds is 5. The fourth-order valence-electron chi connectivity index (χ4n) is 3.01. The Balaban J connectivity index is 1.50. The molecule has 2 fully saturated rings. The molecule has 1 aromatic heterocycles. The Morgan fingerprint density at radius 2 is 1.96 bits per heavy atom. The lowest BCUT2D eigenvalue weighted by Gasteiger charge is -2.36. The van der Waals surface area contributed by atoms with Crippen molar-refractivity contribution in [3.63, 3.8) is 0 Å². The van der Waals surface area contributed by atoms with Gasteiger partial charge in [-0.1, -0.05) is 0 Å². The summed E-state index contributed by atoms with van der Waals surface area (Å²) in [5, 5.41) is 3.37. The van der Waals surface area contributed by atoms with Crippen molar-refractivity contribution in [2.45, 2.75) is 13.3 Å². The van der Waals surface area contributed by atoms with Gasteiger partial charge in [-0.05, 0) is 38.6 Å². The predicted octanol–water partition coefficient (Wildman–Crippen LogP) is 0.709. The van der Waals surface area contributed by atoms with Gasteiger partial charge in [0.15, 0.2) is 11.7 Å². The quantitative estimate of drug-likeness (QED) is 0.635. The highest BCUT2D eigenvalue weighted by atomic mass is 16.3. The van der Waals surface area contributed by atoms with E-state index in [4.69, 9.17) is 9.41 Å². The number of hydrogen-bond donors (Lipinski definition) is 1. The van der Waals surface area contributed by atoms with Crippen molar-refractivity contribution in [1.29, 1.82) is 0 Å². The molecule has 0 unspecified atom stereocenters. The number of carbonyl (C=O) groups is 1.